The van der Waals surface area contributed by atoms with Crippen LogP contribution in [0.5, 0.6) is 0 Å². The van der Waals surface area contributed by atoms with E-state index in [1.54, 1.807) is 11.3 Å². The maximum atomic E-state index is 9.08. The Hall–Kier alpha value is -1.59. The van der Waals surface area contributed by atoms with Gasteiger partial charge >= 0.3 is 0 Å². The average Bonchev–Trinajstić information content (AvgIpc) is 2.85. The SMILES string of the molecule is CCCCc1ccc(-c2ccccc2C#N)s1. The molecule has 1 nitrogen and oxygen atoms in total. The Bertz CT molecular complexity index is 534. The molecule has 0 aliphatic heterocycles. The Morgan fingerprint density at radius 2 is 2.00 bits per heavy atom. The summed E-state index contributed by atoms with van der Waals surface area (Å²) in [5, 5.41) is 9.08. The molecule has 0 N–H and O–H groups in total. The maximum absolute atomic E-state index is 9.08. The zero-order valence-electron chi connectivity index (χ0n) is 9.94. The highest BCUT2D eigenvalue weighted by Gasteiger charge is 2.06. The van der Waals surface area contributed by atoms with Crippen LogP contribution in [-0.4, -0.2) is 0 Å². The van der Waals surface area contributed by atoms with Gasteiger partial charge in [0.2, 0.25) is 0 Å². The van der Waals surface area contributed by atoms with Crippen molar-refractivity contribution in [3.63, 3.8) is 0 Å². The van der Waals surface area contributed by atoms with E-state index in [9.17, 15) is 0 Å². The summed E-state index contributed by atoms with van der Waals surface area (Å²) in [6.07, 6.45) is 3.61. The molecule has 0 saturated carbocycles. The van der Waals surface area contributed by atoms with Crippen molar-refractivity contribution in [2.24, 2.45) is 0 Å². The fourth-order valence-corrected chi connectivity index (χ4v) is 2.89. The van der Waals surface area contributed by atoms with Gasteiger partial charge in [0.15, 0.2) is 0 Å². The Balaban J connectivity index is 2.28. The first kappa shape index (κ1) is 11.9. The fraction of sp³-hybridized carbons (Fsp3) is 0.267. The summed E-state index contributed by atoms with van der Waals surface area (Å²) in [5.41, 5.74) is 1.82. The lowest BCUT2D eigenvalue weighted by Crippen LogP contribution is -1.79. The molecule has 86 valence electrons. The number of thiophene rings is 1. The molecule has 0 radical (unpaired) electrons. The van der Waals surface area contributed by atoms with Crippen LogP contribution in [0.15, 0.2) is 36.4 Å². The highest BCUT2D eigenvalue weighted by atomic mass is 32.1. The van der Waals surface area contributed by atoms with Crippen LogP contribution in [0.4, 0.5) is 0 Å². The second-order valence-electron chi connectivity index (χ2n) is 4.03. The molecule has 2 rings (SSSR count). The number of unbranched alkanes of at least 4 members (excludes halogenated alkanes) is 1. The summed E-state index contributed by atoms with van der Waals surface area (Å²) in [6.45, 7) is 2.21. The number of hydrogen-bond acceptors (Lipinski definition) is 2. The monoisotopic (exact) mass is 241 g/mol. The fourth-order valence-electron chi connectivity index (χ4n) is 1.80. The van der Waals surface area contributed by atoms with Gasteiger partial charge in [-0.2, -0.15) is 5.26 Å². The highest BCUT2D eigenvalue weighted by molar-refractivity contribution is 7.15. The van der Waals surface area contributed by atoms with Gasteiger partial charge in [0, 0.05) is 15.3 Å². The molecular weight excluding hydrogens is 226 g/mol. The molecule has 0 aliphatic carbocycles. The zero-order chi connectivity index (χ0) is 12.1. The third kappa shape index (κ3) is 2.75. The summed E-state index contributed by atoms with van der Waals surface area (Å²) in [6, 6.07) is 14.4. The quantitative estimate of drug-likeness (QED) is 0.765. The van der Waals surface area contributed by atoms with Gasteiger partial charge in [-0.3, -0.25) is 0 Å². The van der Waals surface area contributed by atoms with Gasteiger partial charge in [0.05, 0.1) is 11.6 Å². The summed E-state index contributed by atoms with van der Waals surface area (Å²) >= 11 is 1.80. The van der Waals surface area contributed by atoms with Gasteiger partial charge in [-0.1, -0.05) is 31.5 Å². The molecule has 0 atom stereocenters. The van der Waals surface area contributed by atoms with Crippen molar-refractivity contribution in [3.05, 3.63) is 46.8 Å². The highest BCUT2D eigenvalue weighted by Crippen LogP contribution is 2.31. The topological polar surface area (TPSA) is 23.8 Å². The van der Waals surface area contributed by atoms with E-state index in [2.05, 4.69) is 25.1 Å². The van der Waals surface area contributed by atoms with Crippen molar-refractivity contribution in [2.45, 2.75) is 26.2 Å². The molecule has 1 aromatic heterocycles. The molecule has 1 heterocycles. The molecule has 0 bridgehead atoms. The molecule has 2 heteroatoms. The van der Waals surface area contributed by atoms with Crippen LogP contribution in [0.1, 0.15) is 30.2 Å². The van der Waals surface area contributed by atoms with Crippen LogP contribution in [0, 0.1) is 11.3 Å². The summed E-state index contributed by atoms with van der Waals surface area (Å²) in [4.78, 5) is 2.61. The summed E-state index contributed by atoms with van der Waals surface area (Å²) < 4.78 is 0. The van der Waals surface area contributed by atoms with E-state index < -0.39 is 0 Å². The maximum Gasteiger partial charge on any atom is 0.0998 e. The molecular formula is C15H15NS. The smallest absolute Gasteiger partial charge is 0.0998 e. The Labute approximate surface area is 106 Å². The van der Waals surface area contributed by atoms with Gasteiger partial charge in [-0.15, -0.1) is 11.3 Å². The largest absolute Gasteiger partial charge is 0.192 e. The number of nitrogens with zero attached hydrogens (tertiary/aromatic N) is 1. The van der Waals surface area contributed by atoms with E-state index in [1.165, 1.54) is 22.6 Å². The minimum Gasteiger partial charge on any atom is -0.192 e. The molecule has 2 aromatic rings. The van der Waals surface area contributed by atoms with Crippen LogP contribution >= 0.6 is 11.3 Å². The normalized spacial score (nSPS) is 10.1. The zero-order valence-corrected chi connectivity index (χ0v) is 10.8. The van der Waals surface area contributed by atoms with Crippen LogP contribution in [0.3, 0.4) is 0 Å². The molecule has 0 spiro atoms. The number of nitriles is 1. The lowest BCUT2D eigenvalue weighted by molar-refractivity contribution is 0.804. The molecule has 0 saturated heterocycles. The first-order valence-corrected chi connectivity index (χ1v) is 6.75. The second kappa shape index (κ2) is 5.65. The van der Waals surface area contributed by atoms with E-state index in [-0.39, 0.29) is 0 Å². The van der Waals surface area contributed by atoms with Crippen LogP contribution in [0.25, 0.3) is 10.4 Å². The number of hydrogen-bond donors (Lipinski definition) is 0. The Kier molecular flexibility index (Phi) is 3.95. The molecule has 0 fully saturated rings. The van der Waals surface area contributed by atoms with Crippen molar-refractivity contribution < 1.29 is 0 Å². The van der Waals surface area contributed by atoms with E-state index in [0.717, 1.165) is 17.5 Å². The second-order valence-corrected chi connectivity index (χ2v) is 5.20. The third-order valence-electron chi connectivity index (χ3n) is 2.75. The van der Waals surface area contributed by atoms with Gasteiger partial charge in [-0.25, -0.2) is 0 Å². The van der Waals surface area contributed by atoms with Crippen molar-refractivity contribution in [2.75, 3.05) is 0 Å². The molecule has 0 unspecified atom stereocenters. The molecule has 0 amide bonds. The third-order valence-corrected chi connectivity index (χ3v) is 3.93. The van der Waals surface area contributed by atoms with Gasteiger partial charge in [-0.05, 0) is 31.0 Å². The van der Waals surface area contributed by atoms with Crippen molar-refractivity contribution in [1.82, 2.24) is 0 Å². The average molecular weight is 241 g/mol. The lowest BCUT2D eigenvalue weighted by atomic mass is 10.1. The standard InChI is InChI=1S/C15H15NS/c1-2-3-7-13-9-10-15(17-13)14-8-5-4-6-12(14)11-16/h4-6,8-10H,2-3,7H2,1H3. The minimum atomic E-state index is 0.761. The number of rotatable bonds is 4. The van der Waals surface area contributed by atoms with E-state index >= 15 is 0 Å². The molecule has 0 aliphatic rings. The first-order chi connectivity index (χ1) is 8.35. The van der Waals surface area contributed by atoms with Gasteiger partial charge in [0.1, 0.15) is 0 Å². The van der Waals surface area contributed by atoms with E-state index in [0.29, 0.717) is 0 Å². The summed E-state index contributed by atoms with van der Waals surface area (Å²) in [7, 11) is 0. The number of benzene rings is 1. The molecule has 1 aromatic carbocycles. The van der Waals surface area contributed by atoms with E-state index in [4.69, 9.17) is 5.26 Å². The van der Waals surface area contributed by atoms with E-state index in [1.807, 2.05) is 24.3 Å². The Morgan fingerprint density at radius 3 is 2.76 bits per heavy atom. The van der Waals surface area contributed by atoms with Crippen LogP contribution in [0.2, 0.25) is 0 Å². The van der Waals surface area contributed by atoms with Crippen molar-refractivity contribution in [3.8, 4) is 16.5 Å². The van der Waals surface area contributed by atoms with Crippen molar-refractivity contribution in [1.29, 1.82) is 5.26 Å². The minimum absolute atomic E-state index is 0.761. The number of aryl methyl sites for hydroxylation is 1. The first-order valence-electron chi connectivity index (χ1n) is 5.93. The van der Waals surface area contributed by atoms with Crippen LogP contribution < -0.4 is 0 Å². The van der Waals surface area contributed by atoms with Crippen molar-refractivity contribution >= 4 is 11.3 Å². The van der Waals surface area contributed by atoms with Gasteiger partial charge in [0.25, 0.3) is 0 Å². The Morgan fingerprint density at radius 1 is 1.18 bits per heavy atom. The predicted octanol–water partition coefficient (Wildman–Crippen LogP) is 4.63. The molecule has 17 heavy (non-hydrogen) atoms. The predicted molar refractivity (Wildman–Crippen MR) is 73.1 cm³/mol. The lowest BCUT2D eigenvalue weighted by Gasteiger charge is -1.99. The summed E-state index contributed by atoms with van der Waals surface area (Å²) in [5.74, 6) is 0. The van der Waals surface area contributed by atoms with Crippen LogP contribution in [-0.2, 0) is 6.42 Å². The van der Waals surface area contributed by atoms with Gasteiger partial charge < -0.3 is 0 Å².